The fourth-order valence-electron chi connectivity index (χ4n) is 2.92. The summed E-state index contributed by atoms with van der Waals surface area (Å²) in [7, 11) is 0. The molecule has 6 heteroatoms. The summed E-state index contributed by atoms with van der Waals surface area (Å²) in [6.45, 7) is 2.00. The Labute approximate surface area is 127 Å². The minimum Gasteiger partial charge on any atom is -0.508 e. The molecule has 0 saturated carbocycles. The second-order valence-electron chi connectivity index (χ2n) is 5.57. The molecule has 0 spiro atoms. The highest BCUT2D eigenvalue weighted by Gasteiger charge is 2.19. The summed E-state index contributed by atoms with van der Waals surface area (Å²) in [6.07, 6.45) is 5.28. The minimum absolute atomic E-state index is 0.213. The Morgan fingerprint density at radius 2 is 1.95 bits per heavy atom. The zero-order chi connectivity index (χ0) is 14.9. The zero-order valence-corrected chi connectivity index (χ0v) is 12.2. The summed E-state index contributed by atoms with van der Waals surface area (Å²) in [4.78, 5) is 19.0. The van der Waals surface area contributed by atoms with Crippen LogP contribution in [0.5, 0.6) is 5.75 Å². The molecule has 1 aromatic carbocycles. The molecule has 3 aromatic rings. The summed E-state index contributed by atoms with van der Waals surface area (Å²) in [6, 6.07) is 7.02. The van der Waals surface area contributed by atoms with Crippen LogP contribution in [0.2, 0.25) is 0 Å². The van der Waals surface area contributed by atoms with E-state index in [1.54, 1.807) is 24.5 Å². The second-order valence-corrected chi connectivity index (χ2v) is 5.57. The van der Waals surface area contributed by atoms with Gasteiger partial charge in [0.05, 0.1) is 6.33 Å². The van der Waals surface area contributed by atoms with E-state index < -0.39 is 0 Å². The van der Waals surface area contributed by atoms with E-state index in [0.717, 1.165) is 35.6 Å². The van der Waals surface area contributed by atoms with Crippen molar-refractivity contribution in [3.05, 3.63) is 30.6 Å². The van der Waals surface area contributed by atoms with Crippen LogP contribution < -0.4 is 4.90 Å². The number of aromatic nitrogens is 4. The molecule has 6 nitrogen and oxygen atoms in total. The second kappa shape index (κ2) is 5.29. The van der Waals surface area contributed by atoms with Crippen molar-refractivity contribution in [3.63, 3.8) is 0 Å². The Kier molecular flexibility index (Phi) is 3.14. The van der Waals surface area contributed by atoms with Crippen molar-refractivity contribution in [2.45, 2.75) is 19.3 Å². The minimum atomic E-state index is 0.213. The zero-order valence-electron chi connectivity index (χ0n) is 12.2. The highest BCUT2D eigenvalue weighted by atomic mass is 16.3. The third kappa shape index (κ3) is 2.26. The van der Waals surface area contributed by atoms with Crippen molar-refractivity contribution in [1.29, 1.82) is 0 Å². The van der Waals surface area contributed by atoms with Crippen LogP contribution >= 0.6 is 0 Å². The molecule has 1 fully saturated rings. The number of H-pyrrole nitrogens is 1. The van der Waals surface area contributed by atoms with Crippen molar-refractivity contribution < 1.29 is 5.11 Å². The monoisotopic (exact) mass is 295 g/mol. The van der Waals surface area contributed by atoms with Crippen LogP contribution in [0.3, 0.4) is 0 Å². The van der Waals surface area contributed by atoms with Gasteiger partial charge in [0.15, 0.2) is 17.3 Å². The molecule has 1 aliphatic heterocycles. The number of phenols is 1. The number of hydrogen-bond donors (Lipinski definition) is 2. The SMILES string of the molecule is Oc1cccc(-c2nc(N3CCCCC3)c3nc[nH]c3n2)c1. The number of nitrogens with one attached hydrogen (secondary N) is 1. The van der Waals surface area contributed by atoms with E-state index in [-0.39, 0.29) is 5.75 Å². The number of phenolic OH excluding ortho intramolecular Hbond substituents is 1. The Morgan fingerprint density at radius 1 is 1.09 bits per heavy atom. The number of piperidine rings is 1. The van der Waals surface area contributed by atoms with Crippen molar-refractivity contribution in [2.24, 2.45) is 0 Å². The highest BCUT2D eigenvalue weighted by molar-refractivity contribution is 5.85. The van der Waals surface area contributed by atoms with E-state index in [1.807, 2.05) is 6.07 Å². The first kappa shape index (κ1) is 13.1. The van der Waals surface area contributed by atoms with Gasteiger partial charge in [-0.2, -0.15) is 0 Å². The van der Waals surface area contributed by atoms with Crippen LogP contribution in [0.4, 0.5) is 5.82 Å². The number of aromatic amines is 1. The maximum atomic E-state index is 9.68. The lowest BCUT2D eigenvalue weighted by Gasteiger charge is -2.28. The van der Waals surface area contributed by atoms with Gasteiger partial charge in [-0.25, -0.2) is 15.0 Å². The number of benzene rings is 1. The van der Waals surface area contributed by atoms with Crippen LogP contribution in [0.1, 0.15) is 19.3 Å². The van der Waals surface area contributed by atoms with Gasteiger partial charge < -0.3 is 15.0 Å². The van der Waals surface area contributed by atoms with Gasteiger partial charge in [0.2, 0.25) is 0 Å². The molecule has 22 heavy (non-hydrogen) atoms. The third-order valence-electron chi connectivity index (χ3n) is 4.02. The molecule has 4 rings (SSSR count). The maximum Gasteiger partial charge on any atom is 0.164 e. The predicted molar refractivity (Wildman–Crippen MR) is 84.8 cm³/mol. The summed E-state index contributed by atoms with van der Waals surface area (Å²) >= 11 is 0. The largest absolute Gasteiger partial charge is 0.508 e. The van der Waals surface area contributed by atoms with E-state index in [9.17, 15) is 5.11 Å². The van der Waals surface area contributed by atoms with E-state index in [2.05, 4.69) is 19.9 Å². The van der Waals surface area contributed by atoms with Crippen molar-refractivity contribution in [1.82, 2.24) is 19.9 Å². The van der Waals surface area contributed by atoms with Crippen LogP contribution in [0.25, 0.3) is 22.6 Å². The molecule has 2 aromatic heterocycles. The van der Waals surface area contributed by atoms with Gasteiger partial charge in [-0.3, -0.25) is 0 Å². The highest BCUT2D eigenvalue weighted by Crippen LogP contribution is 2.28. The summed E-state index contributed by atoms with van der Waals surface area (Å²) in [5.41, 5.74) is 2.34. The van der Waals surface area contributed by atoms with Gasteiger partial charge in [0, 0.05) is 18.7 Å². The average Bonchev–Trinajstić information content (AvgIpc) is 3.03. The fraction of sp³-hybridized carbons (Fsp3) is 0.312. The number of aromatic hydroxyl groups is 1. The van der Waals surface area contributed by atoms with Gasteiger partial charge in [-0.15, -0.1) is 0 Å². The molecule has 1 aliphatic rings. The molecule has 0 amide bonds. The van der Waals surface area contributed by atoms with E-state index in [0.29, 0.717) is 5.82 Å². The van der Waals surface area contributed by atoms with Crippen LogP contribution in [-0.2, 0) is 0 Å². The maximum absolute atomic E-state index is 9.68. The van der Waals surface area contributed by atoms with Crippen molar-refractivity contribution in [2.75, 3.05) is 18.0 Å². The van der Waals surface area contributed by atoms with Gasteiger partial charge in [0.1, 0.15) is 11.3 Å². The standard InChI is InChI=1S/C16H17N5O/c22-12-6-4-5-11(9-12)14-19-15-13(17-10-18-15)16(20-14)21-7-2-1-3-8-21/h4-6,9-10,22H,1-3,7-8H2,(H,17,18,19,20). The summed E-state index contributed by atoms with van der Waals surface area (Å²) in [5, 5.41) is 9.68. The molecule has 0 atom stereocenters. The van der Waals surface area contributed by atoms with Gasteiger partial charge in [0.25, 0.3) is 0 Å². The Morgan fingerprint density at radius 3 is 2.77 bits per heavy atom. The summed E-state index contributed by atoms with van der Waals surface area (Å²) in [5.74, 6) is 1.70. The molecule has 0 radical (unpaired) electrons. The van der Waals surface area contributed by atoms with Gasteiger partial charge in [-0.1, -0.05) is 12.1 Å². The van der Waals surface area contributed by atoms with Crippen LogP contribution in [0.15, 0.2) is 30.6 Å². The number of imidazole rings is 1. The molecular weight excluding hydrogens is 278 g/mol. The lowest BCUT2D eigenvalue weighted by molar-refractivity contribution is 0.475. The topological polar surface area (TPSA) is 77.9 Å². The van der Waals surface area contributed by atoms with Crippen LogP contribution in [0, 0.1) is 0 Å². The van der Waals surface area contributed by atoms with Gasteiger partial charge in [-0.05, 0) is 31.4 Å². The molecule has 0 bridgehead atoms. The predicted octanol–water partition coefficient (Wildman–Crippen LogP) is 2.72. The third-order valence-corrected chi connectivity index (χ3v) is 4.02. The normalized spacial score (nSPS) is 15.4. The number of anilines is 1. The Balaban J connectivity index is 1.86. The lowest BCUT2D eigenvalue weighted by atomic mass is 10.1. The molecule has 112 valence electrons. The molecule has 0 aliphatic carbocycles. The first-order chi connectivity index (χ1) is 10.8. The van der Waals surface area contributed by atoms with Gasteiger partial charge >= 0.3 is 0 Å². The van der Waals surface area contributed by atoms with E-state index in [1.165, 1.54) is 19.3 Å². The van der Waals surface area contributed by atoms with Crippen molar-refractivity contribution >= 4 is 17.0 Å². The average molecular weight is 295 g/mol. The first-order valence-electron chi connectivity index (χ1n) is 7.57. The van der Waals surface area contributed by atoms with E-state index >= 15 is 0 Å². The van der Waals surface area contributed by atoms with Crippen molar-refractivity contribution in [3.8, 4) is 17.1 Å². The number of rotatable bonds is 2. The first-order valence-corrected chi connectivity index (χ1v) is 7.57. The number of fused-ring (bicyclic) bond motifs is 1. The number of nitrogens with zero attached hydrogens (tertiary/aromatic N) is 4. The molecule has 0 unspecified atom stereocenters. The summed E-state index contributed by atoms with van der Waals surface area (Å²) < 4.78 is 0. The fourth-order valence-corrected chi connectivity index (χ4v) is 2.92. The number of hydrogen-bond acceptors (Lipinski definition) is 5. The van der Waals surface area contributed by atoms with E-state index in [4.69, 9.17) is 4.98 Å². The lowest BCUT2D eigenvalue weighted by Crippen LogP contribution is -2.30. The van der Waals surface area contributed by atoms with Crippen LogP contribution in [-0.4, -0.2) is 38.1 Å². The molecular formula is C16H17N5O. The smallest absolute Gasteiger partial charge is 0.164 e. The molecule has 1 saturated heterocycles. The Hall–Kier alpha value is -2.63. The molecule has 2 N–H and O–H groups in total. The molecule has 3 heterocycles. The Bertz CT molecular complexity index is 807. The quantitative estimate of drug-likeness (QED) is 0.760.